The molecule has 0 aromatic heterocycles. The molecule has 0 N–H and O–H groups in total. The Morgan fingerprint density at radius 1 is 1.04 bits per heavy atom. The van der Waals surface area contributed by atoms with E-state index < -0.39 is 10.0 Å². The summed E-state index contributed by atoms with van der Waals surface area (Å²) >= 11 is 12.1. The molecule has 0 saturated carbocycles. The molecule has 1 saturated heterocycles. The van der Waals surface area contributed by atoms with Crippen LogP contribution in [0.2, 0.25) is 10.0 Å². The molecule has 5 nitrogen and oxygen atoms in total. The molecular formula is C19H20Cl2N2O3S. The summed E-state index contributed by atoms with van der Waals surface area (Å²) in [6.07, 6.45) is 0.954. The Hall–Kier alpha value is -1.31. The number of rotatable bonds is 4. The average Bonchev–Trinajstić information content (AvgIpc) is 3.12. The van der Waals surface area contributed by atoms with Gasteiger partial charge in [-0.1, -0.05) is 41.4 Å². The second-order valence-electron chi connectivity index (χ2n) is 6.77. The predicted octanol–water partition coefficient (Wildman–Crippen LogP) is 3.43. The lowest BCUT2D eigenvalue weighted by Crippen LogP contribution is -2.48. The Balaban J connectivity index is 1.42. The van der Waals surface area contributed by atoms with Crippen molar-refractivity contribution in [3.63, 3.8) is 0 Å². The summed E-state index contributed by atoms with van der Waals surface area (Å²) in [6.45, 7) is 3.76. The molecule has 2 aromatic carbocycles. The van der Waals surface area contributed by atoms with Crippen molar-refractivity contribution in [2.24, 2.45) is 0 Å². The van der Waals surface area contributed by atoms with Crippen molar-refractivity contribution in [1.82, 2.24) is 9.21 Å². The van der Waals surface area contributed by atoms with E-state index in [9.17, 15) is 8.42 Å². The van der Waals surface area contributed by atoms with E-state index in [0.717, 1.165) is 25.3 Å². The normalized spacial score (nSPS) is 18.3. The van der Waals surface area contributed by atoms with Crippen LogP contribution in [-0.4, -0.2) is 50.4 Å². The smallest absolute Gasteiger partial charge is 0.244 e. The lowest BCUT2D eigenvalue weighted by atomic mass is 10.1. The maximum Gasteiger partial charge on any atom is 0.244 e. The van der Waals surface area contributed by atoms with E-state index in [-0.39, 0.29) is 14.9 Å². The molecule has 2 heterocycles. The number of piperazine rings is 1. The topological polar surface area (TPSA) is 49.9 Å². The number of halogens is 2. The van der Waals surface area contributed by atoms with Crippen LogP contribution in [0.1, 0.15) is 11.1 Å². The van der Waals surface area contributed by atoms with Crippen LogP contribution < -0.4 is 4.74 Å². The van der Waals surface area contributed by atoms with Gasteiger partial charge in [0.2, 0.25) is 10.0 Å². The van der Waals surface area contributed by atoms with Crippen LogP contribution in [0.3, 0.4) is 0 Å². The fourth-order valence-corrected chi connectivity index (χ4v) is 5.70. The van der Waals surface area contributed by atoms with Crippen LogP contribution in [0.4, 0.5) is 0 Å². The van der Waals surface area contributed by atoms with E-state index >= 15 is 0 Å². The SMILES string of the molecule is O=S(=O)(c1cccc(Cl)c1Cl)N1CCN(Cc2ccc3c(c2)CCO3)CC1. The van der Waals surface area contributed by atoms with Crippen molar-refractivity contribution in [3.05, 3.63) is 57.6 Å². The summed E-state index contributed by atoms with van der Waals surface area (Å²) in [5.41, 5.74) is 2.48. The first-order chi connectivity index (χ1) is 12.9. The van der Waals surface area contributed by atoms with E-state index in [0.29, 0.717) is 26.2 Å². The third-order valence-corrected chi connectivity index (χ3v) is 7.90. The molecule has 8 heteroatoms. The highest BCUT2D eigenvalue weighted by atomic mass is 35.5. The summed E-state index contributed by atoms with van der Waals surface area (Å²) < 4.78 is 32.8. The van der Waals surface area contributed by atoms with Crippen molar-refractivity contribution in [2.75, 3.05) is 32.8 Å². The van der Waals surface area contributed by atoms with Crippen LogP contribution in [0.5, 0.6) is 5.75 Å². The molecule has 0 bridgehead atoms. The summed E-state index contributed by atoms with van der Waals surface area (Å²) in [5, 5.41) is 0.332. The molecule has 27 heavy (non-hydrogen) atoms. The molecule has 0 radical (unpaired) electrons. The van der Waals surface area contributed by atoms with E-state index in [1.165, 1.54) is 21.5 Å². The molecule has 0 aliphatic carbocycles. The van der Waals surface area contributed by atoms with Gasteiger partial charge >= 0.3 is 0 Å². The van der Waals surface area contributed by atoms with Gasteiger partial charge < -0.3 is 4.74 Å². The summed E-state index contributed by atoms with van der Waals surface area (Å²) in [4.78, 5) is 2.34. The summed E-state index contributed by atoms with van der Waals surface area (Å²) in [5.74, 6) is 0.980. The zero-order chi connectivity index (χ0) is 19.0. The van der Waals surface area contributed by atoms with Crippen LogP contribution in [-0.2, 0) is 23.0 Å². The molecule has 4 rings (SSSR count). The van der Waals surface area contributed by atoms with Gasteiger partial charge in [-0.3, -0.25) is 4.90 Å². The third kappa shape index (κ3) is 3.82. The minimum Gasteiger partial charge on any atom is -0.493 e. The minimum atomic E-state index is -3.65. The molecular weight excluding hydrogens is 407 g/mol. The molecule has 0 spiro atoms. The quantitative estimate of drug-likeness (QED) is 0.750. The molecule has 0 atom stereocenters. The molecule has 0 amide bonds. The Bertz CT molecular complexity index is 957. The Kier molecular flexibility index (Phi) is 5.36. The highest BCUT2D eigenvalue weighted by molar-refractivity contribution is 7.89. The summed E-state index contributed by atoms with van der Waals surface area (Å²) in [7, 11) is -3.65. The number of ether oxygens (including phenoxy) is 1. The largest absolute Gasteiger partial charge is 0.493 e. The number of benzene rings is 2. The Labute approximate surface area is 169 Å². The van der Waals surface area contributed by atoms with Gasteiger partial charge in [-0.25, -0.2) is 8.42 Å². The van der Waals surface area contributed by atoms with Gasteiger partial charge in [0.25, 0.3) is 0 Å². The maximum absolute atomic E-state index is 12.9. The number of sulfonamides is 1. The standard InChI is InChI=1S/C19H20Cl2N2O3S/c20-16-2-1-3-18(19(16)21)27(24,25)23-9-7-22(8-10-23)13-14-4-5-17-15(12-14)6-11-26-17/h1-5,12H,6-11,13H2. The van der Waals surface area contributed by atoms with E-state index in [4.69, 9.17) is 27.9 Å². The van der Waals surface area contributed by atoms with E-state index in [2.05, 4.69) is 17.0 Å². The minimum absolute atomic E-state index is 0.0729. The highest BCUT2D eigenvalue weighted by Crippen LogP contribution is 2.31. The van der Waals surface area contributed by atoms with Gasteiger partial charge in [-0.15, -0.1) is 0 Å². The fraction of sp³-hybridized carbons (Fsp3) is 0.368. The molecule has 2 aliphatic rings. The predicted molar refractivity (Wildman–Crippen MR) is 106 cm³/mol. The molecule has 144 valence electrons. The van der Waals surface area contributed by atoms with Crippen LogP contribution in [0, 0.1) is 0 Å². The number of hydrogen-bond donors (Lipinski definition) is 0. The lowest BCUT2D eigenvalue weighted by molar-refractivity contribution is 0.181. The maximum atomic E-state index is 12.9. The molecule has 1 fully saturated rings. The number of fused-ring (bicyclic) bond motifs is 1. The van der Waals surface area contributed by atoms with Crippen LogP contribution >= 0.6 is 23.2 Å². The Morgan fingerprint density at radius 3 is 2.59 bits per heavy atom. The molecule has 0 unspecified atom stereocenters. The zero-order valence-electron chi connectivity index (χ0n) is 14.7. The van der Waals surface area contributed by atoms with Crippen LogP contribution in [0.25, 0.3) is 0 Å². The molecule has 2 aliphatic heterocycles. The fourth-order valence-electron chi connectivity index (χ4n) is 3.55. The first-order valence-corrected chi connectivity index (χ1v) is 11.1. The van der Waals surface area contributed by atoms with Gasteiger partial charge in [-0.05, 0) is 29.3 Å². The van der Waals surface area contributed by atoms with E-state index in [1.54, 1.807) is 12.1 Å². The van der Waals surface area contributed by atoms with Crippen molar-refractivity contribution in [3.8, 4) is 5.75 Å². The first-order valence-electron chi connectivity index (χ1n) is 8.86. The average molecular weight is 427 g/mol. The van der Waals surface area contributed by atoms with Crippen molar-refractivity contribution < 1.29 is 13.2 Å². The lowest BCUT2D eigenvalue weighted by Gasteiger charge is -2.34. The number of hydrogen-bond acceptors (Lipinski definition) is 4. The third-order valence-electron chi connectivity index (χ3n) is 5.03. The van der Waals surface area contributed by atoms with Gasteiger partial charge in [0.05, 0.1) is 16.7 Å². The van der Waals surface area contributed by atoms with Gasteiger partial charge in [-0.2, -0.15) is 4.31 Å². The van der Waals surface area contributed by atoms with Crippen molar-refractivity contribution >= 4 is 33.2 Å². The molecule has 2 aromatic rings. The number of nitrogens with zero attached hydrogens (tertiary/aromatic N) is 2. The summed E-state index contributed by atoms with van der Waals surface area (Å²) in [6, 6.07) is 11.0. The van der Waals surface area contributed by atoms with Gasteiger partial charge in [0.1, 0.15) is 10.6 Å². The van der Waals surface area contributed by atoms with Gasteiger partial charge in [0.15, 0.2) is 0 Å². The van der Waals surface area contributed by atoms with Crippen molar-refractivity contribution in [2.45, 2.75) is 17.9 Å². The zero-order valence-corrected chi connectivity index (χ0v) is 17.0. The monoisotopic (exact) mass is 426 g/mol. The van der Waals surface area contributed by atoms with Gasteiger partial charge in [0, 0.05) is 39.1 Å². The second-order valence-corrected chi connectivity index (χ2v) is 9.46. The highest BCUT2D eigenvalue weighted by Gasteiger charge is 2.30. The van der Waals surface area contributed by atoms with E-state index in [1.807, 2.05) is 6.07 Å². The Morgan fingerprint density at radius 2 is 1.81 bits per heavy atom. The first kappa shape index (κ1) is 19.0. The second kappa shape index (κ2) is 7.60. The van der Waals surface area contributed by atoms with Crippen LogP contribution in [0.15, 0.2) is 41.3 Å². The van der Waals surface area contributed by atoms with Crippen molar-refractivity contribution in [1.29, 1.82) is 0 Å².